The summed E-state index contributed by atoms with van der Waals surface area (Å²) < 4.78 is 0. The van der Waals surface area contributed by atoms with Crippen molar-refractivity contribution >= 4 is 11.6 Å². The molecule has 80 valence electrons. The summed E-state index contributed by atoms with van der Waals surface area (Å²) >= 11 is 0. The van der Waals surface area contributed by atoms with E-state index in [1.54, 1.807) is 0 Å². The van der Waals surface area contributed by atoms with Crippen LogP contribution >= 0.6 is 0 Å². The lowest BCUT2D eigenvalue weighted by molar-refractivity contribution is -0.122. The number of nitrogens with one attached hydrogen (secondary N) is 1. The van der Waals surface area contributed by atoms with E-state index in [9.17, 15) is 4.79 Å². The van der Waals surface area contributed by atoms with Gasteiger partial charge in [-0.25, -0.2) is 0 Å². The fourth-order valence-electron chi connectivity index (χ4n) is 1.53. The van der Waals surface area contributed by atoms with E-state index in [2.05, 4.69) is 5.32 Å². The van der Waals surface area contributed by atoms with Gasteiger partial charge in [-0.1, -0.05) is 12.1 Å². The van der Waals surface area contributed by atoms with Gasteiger partial charge in [-0.15, -0.1) is 0 Å². The van der Waals surface area contributed by atoms with Gasteiger partial charge in [0.2, 0.25) is 5.91 Å². The lowest BCUT2D eigenvalue weighted by Crippen LogP contribution is -2.29. The summed E-state index contributed by atoms with van der Waals surface area (Å²) in [5, 5.41) is 2.99. The Labute approximate surface area is 89.7 Å². The largest absolute Gasteiger partial charge is 0.399 e. The number of hydrogen-bond donors (Lipinski definition) is 2. The predicted molar refractivity (Wildman–Crippen MR) is 60.4 cm³/mol. The Kier molecular flexibility index (Phi) is 2.62. The minimum absolute atomic E-state index is 0.100. The van der Waals surface area contributed by atoms with Gasteiger partial charge in [0.25, 0.3) is 0 Å². The maximum atomic E-state index is 11.8. The second-order valence-electron chi connectivity index (χ2n) is 4.17. The molecule has 1 aliphatic carbocycles. The molecular formula is C12H16N2O. The molecule has 0 radical (unpaired) electrons. The Bertz CT molecular complexity index is 372. The van der Waals surface area contributed by atoms with Crippen molar-refractivity contribution in [2.75, 3.05) is 5.73 Å². The minimum Gasteiger partial charge on any atom is -0.399 e. The highest BCUT2D eigenvalue weighted by Gasteiger charge is 2.26. The number of hydrogen-bond acceptors (Lipinski definition) is 2. The van der Waals surface area contributed by atoms with Crippen LogP contribution < -0.4 is 11.1 Å². The summed E-state index contributed by atoms with van der Waals surface area (Å²) in [7, 11) is 0. The molecule has 0 saturated heterocycles. The van der Waals surface area contributed by atoms with E-state index in [1.165, 1.54) is 0 Å². The Morgan fingerprint density at radius 3 is 2.87 bits per heavy atom. The summed E-state index contributed by atoms with van der Waals surface area (Å²) in [6.07, 6.45) is 2.24. The van der Waals surface area contributed by atoms with Gasteiger partial charge >= 0.3 is 0 Å². The van der Waals surface area contributed by atoms with E-state index in [4.69, 9.17) is 5.73 Å². The van der Waals surface area contributed by atoms with Crippen molar-refractivity contribution < 1.29 is 4.79 Å². The van der Waals surface area contributed by atoms with E-state index in [0.717, 1.165) is 18.4 Å². The molecule has 1 aromatic rings. The molecule has 3 nitrogen and oxygen atoms in total. The van der Waals surface area contributed by atoms with Crippen LogP contribution in [0, 0.1) is 0 Å². The van der Waals surface area contributed by atoms with Crippen LogP contribution in [0.1, 0.15) is 31.2 Å². The van der Waals surface area contributed by atoms with Crippen LogP contribution in [0.5, 0.6) is 0 Å². The first-order chi connectivity index (χ1) is 7.16. The van der Waals surface area contributed by atoms with Gasteiger partial charge in [0.1, 0.15) is 0 Å². The van der Waals surface area contributed by atoms with Crippen LogP contribution in [0.15, 0.2) is 24.3 Å². The van der Waals surface area contributed by atoms with Gasteiger partial charge in [0, 0.05) is 11.7 Å². The molecular weight excluding hydrogens is 188 g/mol. The molecule has 3 heteroatoms. The van der Waals surface area contributed by atoms with Gasteiger partial charge in [0.15, 0.2) is 0 Å². The molecule has 0 aromatic heterocycles. The van der Waals surface area contributed by atoms with Gasteiger partial charge in [0.05, 0.1) is 5.92 Å². The lowest BCUT2D eigenvalue weighted by Gasteiger charge is -2.12. The molecule has 3 N–H and O–H groups in total. The number of amides is 1. The highest BCUT2D eigenvalue weighted by atomic mass is 16.1. The van der Waals surface area contributed by atoms with Crippen molar-refractivity contribution in [1.82, 2.24) is 5.32 Å². The molecule has 2 rings (SSSR count). The second kappa shape index (κ2) is 3.93. The summed E-state index contributed by atoms with van der Waals surface area (Å²) in [5.41, 5.74) is 7.37. The molecule has 1 amide bonds. The van der Waals surface area contributed by atoms with Crippen LogP contribution in [0.25, 0.3) is 0 Å². The zero-order valence-electron chi connectivity index (χ0n) is 8.86. The summed E-state index contributed by atoms with van der Waals surface area (Å²) in [6, 6.07) is 7.92. The van der Waals surface area contributed by atoms with E-state index in [0.29, 0.717) is 11.7 Å². The van der Waals surface area contributed by atoms with Gasteiger partial charge in [-0.05, 0) is 37.5 Å². The van der Waals surface area contributed by atoms with Gasteiger partial charge in [-0.2, -0.15) is 0 Å². The van der Waals surface area contributed by atoms with Crippen molar-refractivity contribution in [2.45, 2.75) is 31.7 Å². The molecule has 1 aliphatic rings. The molecule has 0 bridgehead atoms. The lowest BCUT2D eigenvalue weighted by atomic mass is 10.00. The van der Waals surface area contributed by atoms with Crippen molar-refractivity contribution in [3.63, 3.8) is 0 Å². The van der Waals surface area contributed by atoms with Crippen LogP contribution in [-0.4, -0.2) is 11.9 Å². The van der Waals surface area contributed by atoms with Crippen molar-refractivity contribution in [2.24, 2.45) is 0 Å². The van der Waals surface area contributed by atoms with E-state index < -0.39 is 0 Å². The third kappa shape index (κ3) is 2.49. The molecule has 0 heterocycles. The van der Waals surface area contributed by atoms with Crippen LogP contribution in [0.4, 0.5) is 5.69 Å². The number of anilines is 1. The molecule has 1 saturated carbocycles. The molecule has 1 atom stereocenters. The highest BCUT2D eigenvalue weighted by molar-refractivity contribution is 5.84. The van der Waals surface area contributed by atoms with Crippen LogP contribution in [-0.2, 0) is 4.79 Å². The van der Waals surface area contributed by atoms with Crippen molar-refractivity contribution in [3.05, 3.63) is 29.8 Å². The third-order valence-electron chi connectivity index (χ3n) is 2.73. The molecule has 1 aromatic carbocycles. The number of rotatable bonds is 3. The maximum absolute atomic E-state index is 11.8. The summed E-state index contributed by atoms with van der Waals surface area (Å²) in [5.74, 6) is -0.0165. The monoisotopic (exact) mass is 204 g/mol. The van der Waals surface area contributed by atoms with E-state index >= 15 is 0 Å². The fourth-order valence-corrected chi connectivity index (χ4v) is 1.53. The molecule has 15 heavy (non-hydrogen) atoms. The summed E-state index contributed by atoms with van der Waals surface area (Å²) in [6.45, 7) is 1.91. The van der Waals surface area contributed by atoms with Crippen LogP contribution in [0.2, 0.25) is 0 Å². The topological polar surface area (TPSA) is 55.1 Å². The zero-order valence-corrected chi connectivity index (χ0v) is 8.86. The fraction of sp³-hybridized carbons (Fsp3) is 0.417. The maximum Gasteiger partial charge on any atom is 0.227 e. The smallest absolute Gasteiger partial charge is 0.227 e. The molecule has 0 aliphatic heterocycles. The SMILES string of the molecule is CC(C(=O)NC1CC1)c1cccc(N)c1. The first-order valence-electron chi connectivity index (χ1n) is 5.32. The van der Waals surface area contributed by atoms with Crippen LogP contribution in [0.3, 0.4) is 0 Å². The first kappa shape index (κ1) is 10.0. The number of nitrogen functional groups attached to an aromatic ring is 1. The number of nitrogens with two attached hydrogens (primary N) is 1. The number of carbonyl (C=O) groups excluding carboxylic acids is 1. The van der Waals surface area contributed by atoms with E-state index in [-0.39, 0.29) is 11.8 Å². The number of carbonyl (C=O) groups is 1. The standard InChI is InChI=1S/C12H16N2O/c1-8(12(15)14-11-5-6-11)9-3-2-4-10(13)7-9/h2-4,7-8,11H,5-6,13H2,1H3,(H,14,15). The first-order valence-corrected chi connectivity index (χ1v) is 5.32. The van der Waals surface area contributed by atoms with Crippen molar-refractivity contribution in [1.29, 1.82) is 0 Å². The summed E-state index contributed by atoms with van der Waals surface area (Å²) in [4.78, 5) is 11.8. The second-order valence-corrected chi connectivity index (χ2v) is 4.17. The minimum atomic E-state index is -0.117. The zero-order chi connectivity index (χ0) is 10.8. The van der Waals surface area contributed by atoms with E-state index in [1.807, 2.05) is 31.2 Å². The predicted octanol–water partition coefficient (Wildman–Crippen LogP) is 1.65. The van der Waals surface area contributed by atoms with Gasteiger partial charge < -0.3 is 11.1 Å². The normalized spacial score (nSPS) is 17.1. The quantitative estimate of drug-likeness (QED) is 0.735. The van der Waals surface area contributed by atoms with Gasteiger partial charge in [-0.3, -0.25) is 4.79 Å². The third-order valence-corrected chi connectivity index (χ3v) is 2.73. The molecule has 1 unspecified atom stereocenters. The Morgan fingerprint density at radius 2 is 2.27 bits per heavy atom. The molecule has 1 fully saturated rings. The highest BCUT2D eigenvalue weighted by Crippen LogP contribution is 2.22. The Hall–Kier alpha value is -1.51. The number of benzene rings is 1. The Morgan fingerprint density at radius 1 is 1.53 bits per heavy atom. The molecule has 0 spiro atoms. The average Bonchev–Trinajstić information content (AvgIpc) is 3.00. The average molecular weight is 204 g/mol. The van der Waals surface area contributed by atoms with Crippen molar-refractivity contribution in [3.8, 4) is 0 Å². The Balaban J connectivity index is 2.05.